The van der Waals surface area contributed by atoms with Crippen LogP contribution in [-0.2, 0) is 0 Å². The molecule has 1 heterocycles. The smallest absolute Gasteiger partial charge is 0.0638 e. The van der Waals surface area contributed by atoms with Gasteiger partial charge in [0.2, 0.25) is 0 Å². The summed E-state index contributed by atoms with van der Waals surface area (Å²) >= 11 is 1.72. The van der Waals surface area contributed by atoms with Gasteiger partial charge in [0.15, 0.2) is 0 Å². The second-order valence-electron chi connectivity index (χ2n) is 2.29. The van der Waals surface area contributed by atoms with Gasteiger partial charge in [0.05, 0.1) is 11.9 Å². The van der Waals surface area contributed by atoms with Crippen LogP contribution in [0.2, 0.25) is 0 Å². The first-order valence-electron chi connectivity index (χ1n) is 3.78. The lowest BCUT2D eigenvalue weighted by Crippen LogP contribution is -1.89. The van der Waals surface area contributed by atoms with Gasteiger partial charge in [0.1, 0.15) is 0 Å². The molecule has 0 spiro atoms. The van der Waals surface area contributed by atoms with E-state index in [1.807, 2.05) is 19.1 Å². The molecule has 1 aromatic rings. The van der Waals surface area contributed by atoms with E-state index in [0.29, 0.717) is 0 Å². The highest BCUT2D eigenvalue weighted by atomic mass is 32.2. The molecule has 0 radical (unpaired) electrons. The van der Waals surface area contributed by atoms with E-state index in [1.54, 1.807) is 24.2 Å². The number of rotatable bonds is 3. The van der Waals surface area contributed by atoms with Gasteiger partial charge in [0.25, 0.3) is 0 Å². The number of aromatic nitrogens is 1. The number of nitrogen functional groups attached to an aromatic ring is 1. The van der Waals surface area contributed by atoms with Crippen molar-refractivity contribution in [1.29, 1.82) is 0 Å². The molecule has 0 aliphatic carbocycles. The highest BCUT2D eigenvalue weighted by Gasteiger charge is 1.95. The van der Waals surface area contributed by atoms with Gasteiger partial charge in [-0.2, -0.15) is 0 Å². The first kappa shape index (κ1) is 9.13. The van der Waals surface area contributed by atoms with Gasteiger partial charge < -0.3 is 5.73 Å². The van der Waals surface area contributed by atoms with Gasteiger partial charge in [-0.3, -0.25) is 4.98 Å². The van der Waals surface area contributed by atoms with Gasteiger partial charge in [-0.15, -0.1) is 11.8 Å². The summed E-state index contributed by atoms with van der Waals surface area (Å²) in [6, 6.07) is 1.93. The summed E-state index contributed by atoms with van der Waals surface area (Å²) in [7, 11) is 0. The number of pyridine rings is 1. The third-order valence-electron chi connectivity index (χ3n) is 1.38. The summed E-state index contributed by atoms with van der Waals surface area (Å²) in [5.74, 6) is 0.963. The van der Waals surface area contributed by atoms with Crippen LogP contribution in [0.4, 0.5) is 5.69 Å². The summed E-state index contributed by atoms with van der Waals surface area (Å²) in [6.07, 6.45) is 7.57. The lowest BCUT2D eigenvalue weighted by molar-refractivity contribution is 1.27. The van der Waals surface area contributed by atoms with Crippen molar-refractivity contribution in [2.75, 3.05) is 11.5 Å². The summed E-state index contributed by atoms with van der Waals surface area (Å²) in [5.41, 5.74) is 6.45. The zero-order valence-electron chi connectivity index (χ0n) is 7.03. The fraction of sp³-hybridized carbons (Fsp3) is 0.222. The standard InChI is InChI=1S/C9H12N2S/c1-2-3-6-12-9-4-5-11-7-8(9)10/h2-5,7H,6,10H2,1H3/b3-2+. The second-order valence-corrected chi connectivity index (χ2v) is 3.36. The molecule has 1 aromatic heterocycles. The van der Waals surface area contributed by atoms with Crippen molar-refractivity contribution in [2.24, 2.45) is 0 Å². The number of thioether (sulfide) groups is 1. The maximum Gasteiger partial charge on any atom is 0.0638 e. The van der Waals surface area contributed by atoms with E-state index in [2.05, 4.69) is 11.1 Å². The topological polar surface area (TPSA) is 38.9 Å². The van der Waals surface area contributed by atoms with Crippen LogP contribution >= 0.6 is 11.8 Å². The maximum absolute atomic E-state index is 5.70. The molecule has 0 aromatic carbocycles. The normalized spacial score (nSPS) is 10.8. The number of nitrogens with zero attached hydrogens (tertiary/aromatic N) is 1. The van der Waals surface area contributed by atoms with E-state index in [9.17, 15) is 0 Å². The maximum atomic E-state index is 5.70. The summed E-state index contributed by atoms with van der Waals surface area (Å²) < 4.78 is 0. The van der Waals surface area contributed by atoms with Gasteiger partial charge in [0, 0.05) is 16.8 Å². The monoisotopic (exact) mass is 180 g/mol. The number of hydrogen-bond acceptors (Lipinski definition) is 3. The minimum Gasteiger partial charge on any atom is -0.397 e. The third-order valence-corrected chi connectivity index (χ3v) is 2.42. The molecule has 3 heteroatoms. The Kier molecular flexibility index (Phi) is 3.67. The van der Waals surface area contributed by atoms with Crippen molar-refractivity contribution in [2.45, 2.75) is 11.8 Å². The zero-order valence-corrected chi connectivity index (χ0v) is 7.84. The molecule has 0 fully saturated rings. The molecule has 0 atom stereocenters. The Morgan fingerprint density at radius 1 is 1.67 bits per heavy atom. The zero-order chi connectivity index (χ0) is 8.81. The van der Waals surface area contributed by atoms with Gasteiger partial charge in [-0.1, -0.05) is 12.2 Å². The van der Waals surface area contributed by atoms with Gasteiger partial charge in [-0.05, 0) is 13.0 Å². The van der Waals surface area contributed by atoms with Crippen LogP contribution in [-0.4, -0.2) is 10.7 Å². The quantitative estimate of drug-likeness (QED) is 0.573. The largest absolute Gasteiger partial charge is 0.397 e. The van der Waals surface area contributed by atoms with E-state index >= 15 is 0 Å². The third kappa shape index (κ3) is 2.58. The molecule has 0 saturated heterocycles. The van der Waals surface area contributed by atoms with Crippen LogP contribution in [0.15, 0.2) is 35.5 Å². The summed E-state index contributed by atoms with van der Waals surface area (Å²) in [4.78, 5) is 5.02. The molecule has 0 bridgehead atoms. The van der Waals surface area contributed by atoms with Crippen molar-refractivity contribution in [3.63, 3.8) is 0 Å². The van der Waals surface area contributed by atoms with Crippen molar-refractivity contribution < 1.29 is 0 Å². The average molecular weight is 180 g/mol. The van der Waals surface area contributed by atoms with E-state index in [0.717, 1.165) is 16.3 Å². The van der Waals surface area contributed by atoms with Crippen molar-refractivity contribution >= 4 is 17.4 Å². The van der Waals surface area contributed by atoms with Crippen molar-refractivity contribution in [3.8, 4) is 0 Å². The van der Waals surface area contributed by atoms with E-state index < -0.39 is 0 Å². The van der Waals surface area contributed by atoms with E-state index in [-0.39, 0.29) is 0 Å². The number of anilines is 1. The molecule has 0 aliphatic rings. The van der Waals surface area contributed by atoms with Gasteiger partial charge in [-0.25, -0.2) is 0 Å². The molecule has 2 N–H and O–H groups in total. The predicted octanol–water partition coefficient (Wildman–Crippen LogP) is 2.33. The van der Waals surface area contributed by atoms with Crippen LogP contribution in [0.5, 0.6) is 0 Å². The van der Waals surface area contributed by atoms with Crippen LogP contribution in [0.3, 0.4) is 0 Å². The predicted molar refractivity (Wildman–Crippen MR) is 54.2 cm³/mol. The molecular formula is C9H12N2S. The molecule has 0 saturated carbocycles. The molecule has 64 valence electrons. The Bertz CT molecular complexity index is 271. The second kappa shape index (κ2) is 4.83. The minimum absolute atomic E-state index is 0.756. The number of allylic oxidation sites excluding steroid dienone is 1. The van der Waals surface area contributed by atoms with Crippen molar-refractivity contribution in [1.82, 2.24) is 4.98 Å². The first-order chi connectivity index (χ1) is 5.84. The molecule has 1 rings (SSSR count). The fourth-order valence-corrected chi connectivity index (χ4v) is 1.60. The molecule has 12 heavy (non-hydrogen) atoms. The van der Waals surface area contributed by atoms with Crippen LogP contribution < -0.4 is 5.73 Å². The summed E-state index contributed by atoms with van der Waals surface area (Å²) in [6.45, 7) is 2.01. The fourth-order valence-electron chi connectivity index (χ4n) is 0.759. The van der Waals surface area contributed by atoms with Crippen LogP contribution in [0.25, 0.3) is 0 Å². The Hall–Kier alpha value is -0.960. The van der Waals surface area contributed by atoms with E-state index in [4.69, 9.17) is 5.73 Å². The molecule has 0 unspecified atom stereocenters. The molecule has 2 nitrogen and oxygen atoms in total. The Labute approximate surface area is 76.9 Å². The molecular weight excluding hydrogens is 168 g/mol. The Morgan fingerprint density at radius 2 is 2.50 bits per heavy atom. The van der Waals surface area contributed by atoms with Crippen molar-refractivity contribution in [3.05, 3.63) is 30.6 Å². The highest BCUT2D eigenvalue weighted by molar-refractivity contribution is 7.99. The Balaban J connectivity index is 2.57. The number of nitrogens with two attached hydrogens (primary N) is 1. The minimum atomic E-state index is 0.756. The molecule has 0 amide bonds. The Morgan fingerprint density at radius 3 is 3.17 bits per heavy atom. The molecule has 0 aliphatic heterocycles. The summed E-state index contributed by atoms with van der Waals surface area (Å²) in [5, 5.41) is 0. The SMILES string of the molecule is C/C=C/CSc1ccncc1N. The first-order valence-corrected chi connectivity index (χ1v) is 4.76. The highest BCUT2D eigenvalue weighted by Crippen LogP contribution is 2.22. The lowest BCUT2D eigenvalue weighted by atomic mass is 10.4. The number of hydrogen-bond donors (Lipinski definition) is 1. The average Bonchev–Trinajstić information content (AvgIpc) is 2.09. The van der Waals surface area contributed by atoms with Crippen LogP contribution in [0, 0.1) is 0 Å². The van der Waals surface area contributed by atoms with Crippen LogP contribution in [0.1, 0.15) is 6.92 Å². The lowest BCUT2D eigenvalue weighted by Gasteiger charge is -2.00. The van der Waals surface area contributed by atoms with E-state index in [1.165, 1.54) is 0 Å². The van der Waals surface area contributed by atoms with Gasteiger partial charge >= 0.3 is 0 Å².